The van der Waals surface area contributed by atoms with Crippen LogP contribution in [0.25, 0.3) is 0 Å². The number of aromatic nitrogens is 2. The summed E-state index contributed by atoms with van der Waals surface area (Å²) in [6.07, 6.45) is 3.46. The number of hydrogen-bond donors (Lipinski definition) is 0. The highest BCUT2D eigenvalue weighted by Crippen LogP contribution is 2.30. The van der Waals surface area contributed by atoms with Crippen LogP contribution in [-0.2, 0) is 7.05 Å². The van der Waals surface area contributed by atoms with Gasteiger partial charge in [-0.25, -0.2) is 0 Å². The highest BCUT2D eigenvalue weighted by atomic mass is 16.5. The summed E-state index contributed by atoms with van der Waals surface area (Å²) in [5, 5.41) is 4.02. The molecule has 0 radical (unpaired) electrons. The minimum Gasteiger partial charge on any atom is -0.493 e. The molecule has 4 nitrogen and oxygen atoms in total. The van der Waals surface area contributed by atoms with Crippen molar-refractivity contribution in [3.05, 3.63) is 36.7 Å². The van der Waals surface area contributed by atoms with E-state index in [2.05, 4.69) is 5.10 Å². The van der Waals surface area contributed by atoms with Crippen molar-refractivity contribution in [2.45, 2.75) is 0 Å². The summed E-state index contributed by atoms with van der Waals surface area (Å²) in [7, 11) is 3.46. The first-order chi connectivity index (χ1) is 7.29. The number of methoxy groups -OCH3 is 1. The molecule has 2 aromatic rings. The molecule has 2 rings (SSSR count). The molecule has 78 valence electrons. The number of rotatable bonds is 3. The van der Waals surface area contributed by atoms with Crippen molar-refractivity contribution in [2.24, 2.45) is 7.05 Å². The molecule has 0 spiro atoms. The Labute approximate surface area is 88.1 Å². The molecule has 0 amide bonds. The van der Waals surface area contributed by atoms with E-state index in [0.29, 0.717) is 17.2 Å². The van der Waals surface area contributed by atoms with Crippen molar-refractivity contribution in [1.82, 2.24) is 9.78 Å². The zero-order valence-corrected chi connectivity index (χ0v) is 8.68. The quantitative estimate of drug-likeness (QED) is 0.769. The first-order valence-electron chi connectivity index (χ1n) is 4.59. The summed E-state index contributed by atoms with van der Waals surface area (Å²) >= 11 is 0. The molecule has 0 atom stereocenters. The Morgan fingerprint density at radius 1 is 1.20 bits per heavy atom. The molecule has 0 fully saturated rings. The fraction of sp³-hybridized carbons (Fsp3) is 0.182. The lowest BCUT2D eigenvalue weighted by molar-refractivity contribution is 0.379. The van der Waals surface area contributed by atoms with E-state index in [1.807, 2.05) is 31.3 Å². The summed E-state index contributed by atoms with van der Waals surface area (Å²) < 4.78 is 12.5. The van der Waals surface area contributed by atoms with E-state index in [1.165, 1.54) is 0 Å². The van der Waals surface area contributed by atoms with Crippen molar-refractivity contribution < 1.29 is 9.47 Å². The predicted octanol–water partition coefficient (Wildman–Crippen LogP) is 2.22. The van der Waals surface area contributed by atoms with Gasteiger partial charge in [0, 0.05) is 7.05 Å². The molecule has 15 heavy (non-hydrogen) atoms. The van der Waals surface area contributed by atoms with Gasteiger partial charge in [-0.05, 0) is 12.1 Å². The molecule has 1 aromatic heterocycles. The topological polar surface area (TPSA) is 36.3 Å². The Hall–Kier alpha value is -1.97. The molecule has 0 saturated heterocycles. The second-order valence-corrected chi connectivity index (χ2v) is 3.10. The van der Waals surface area contributed by atoms with Gasteiger partial charge < -0.3 is 9.47 Å². The molecule has 1 heterocycles. The monoisotopic (exact) mass is 204 g/mol. The van der Waals surface area contributed by atoms with E-state index >= 15 is 0 Å². The SMILES string of the molecule is COc1ccccc1Oc1cnn(C)c1. The second-order valence-electron chi connectivity index (χ2n) is 3.10. The summed E-state index contributed by atoms with van der Waals surface area (Å²) in [4.78, 5) is 0. The van der Waals surface area contributed by atoms with E-state index in [9.17, 15) is 0 Å². The van der Waals surface area contributed by atoms with E-state index in [1.54, 1.807) is 24.2 Å². The van der Waals surface area contributed by atoms with Crippen LogP contribution in [0.5, 0.6) is 17.2 Å². The summed E-state index contributed by atoms with van der Waals surface area (Å²) in [6.45, 7) is 0. The van der Waals surface area contributed by atoms with Gasteiger partial charge in [0.1, 0.15) is 0 Å². The van der Waals surface area contributed by atoms with E-state index in [0.717, 1.165) is 0 Å². The van der Waals surface area contributed by atoms with Gasteiger partial charge in [0.2, 0.25) is 0 Å². The van der Waals surface area contributed by atoms with E-state index in [-0.39, 0.29) is 0 Å². The second kappa shape index (κ2) is 4.04. The average Bonchev–Trinajstić information content (AvgIpc) is 2.65. The van der Waals surface area contributed by atoms with Crippen molar-refractivity contribution in [1.29, 1.82) is 0 Å². The Kier molecular flexibility index (Phi) is 2.58. The van der Waals surface area contributed by atoms with Crippen LogP contribution in [0.2, 0.25) is 0 Å². The van der Waals surface area contributed by atoms with Crippen LogP contribution >= 0.6 is 0 Å². The maximum absolute atomic E-state index is 5.61. The molecule has 0 aliphatic rings. The molecule has 0 bridgehead atoms. The minimum atomic E-state index is 0.688. The molecule has 4 heteroatoms. The average molecular weight is 204 g/mol. The van der Waals surface area contributed by atoms with Crippen molar-refractivity contribution in [3.63, 3.8) is 0 Å². The molecule has 0 aliphatic heterocycles. The van der Waals surface area contributed by atoms with Crippen LogP contribution in [0.3, 0.4) is 0 Å². The molecule has 0 unspecified atom stereocenters. The lowest BCUT2D eigenvalue weighted by Gasteiger charge is -2.07. The zero-order chi connectivity index (χ0) is 10.7. The third-order valence-electron chi connectivity index (χ3n) is 1.98. The standard InChI is InChI=1S/C11H12N2O2/c1-13-8-9(7-12-13)15-11-6-4-3-5-10(11)14-2/h3-8H,1-2H3. The first kappa shape index (κ1) is 9.58. The fourth-order valence-electron chi connectivity index (χ4n) is 1.28. The molecule has 1 aromatic carbocycles. The van der Waals surface area contributed by atoms with Gasteiger partial charge in [-0.2, -0.15) is 5.10 Å². The maximum atomic E-state index is 5.61. The Morgan fingerprint density at radius 3 is 2.53 bits per heavy atom. The Morgan fingerprint density at radius 2 is 1.93 bits per heavy atom. The van der Waals surface area contributed by atoms with Gasteiger partial charge in [-0.1, -0.05) is 12.1 Å². The van der Waals surface area contributed by atoms with Gasteiger partial charge in [-0.15, -0.1) is 0 Å². The van der Waals surface area contributed by atoms with Crippen LogP contribution in [0.15, 0.2) is 36.7 Å². The van der Waals surface area contributed by atoms with Crippen molar-refractivity contribution in [2.75, 3.05) is 7.11 Å². The number of aryl methyl sites for hydroxylation is 1. The summed E-state index contributed by atoms with van der Waals surface area (Å²) in [5.74, 6) is 2.09. The normalized spacial score (nSPS) is 10.0. The number of benzene rings is 1. The molecule has 0 saturated carbocycles. The largest absolute Gasteiger partial charge is 0.493 e. The predicted molar refractivity (Wildman–Crippen MR) is 56.3 cm³/mol. The number of para-hydroxylation sites is 2. The van der Waals surface area contributed by atoms with Crippen LogP contribution in [-0.4, -0.2) is 16.9 Å². The Balaban J connectivity index is 2.23. The van der Waals surface area contributed by atoms with Gasteiger partial charge in [0.15, 0.2) is 17.2 Å². The van der Waals surface area contributed by atoms with Crippen LogP contribution < -0.4 is 9.47 Å². The zero-order valence-electron chi connectivity index (χ0n) is 8.68. The van der Waals surface area contributed by atoms with Gasteiger partial charge in [0.25, 0.3) is 0 Å². The third kappa shape index (κ3) is 2.10. The van der Waals surface area contributed by atoms with Crippen molar-refractivity contribution >= 4 is 0 Å². The number of ether oxygens (including phenoxy) is 2. The fourth-order valence-corrected chi connectivity index (χ4v) is 1.28. The summed E-state index contributed by atoms with van der Waals surface area (Å²) in [6, 6.07) is 7.50. The van der Waals surface area contributed by atoms with Crippen LogP contribution in [0.1, 0.15) is 0 Å². The van der Waals surface area contributed by atoms with E-state index < -0.39 is 0 Å². The lowest BCUT2D eigenvalue weighted by atomic mass is 10.3. The third-order valence-corrected chi connectivity index (χ3v) is 1.98. The molecular formula is C11H12N2O2. The highest BCUT2D eigenvalue weighted by Gasteiger charge is 2.04. The maximum Gasteiger partial charge on any atom is 0.169 e. The first-order valence-corrected chi connectivity index (χ1v) is 4.59. The lowest BCUT2D eigenvalue weighted by Crippen LogP contribution is -1.89. The molecule has 0 aliphatic carbocycles. The van der Waals surface area contributed by atoms with E-state index in [4.69, 9.17) is 9.47 Å². The minimum absolute atomic E-state index is 0.688. The van der Waals surface area contributed by atoms with Gasteiger partial charge >= 0.3 is 0 Å². The summed E-state index contributed by atoms with van der Waals surface area (Å²) in [5.41, 5.74) is 0. The number of hydrogen-bond acceptors (Lipinski definition) is 3. The molecular weight excluding hydrogens is 192 g/mol. The smallest absolute Gasteiger partial charge is 0.169 e. The van der Waals surface area contributed by atoms with Crippen LogP contribution in [0.4, 0.5) is 0 Å². The highest BCUT2D eigenvalue weighted by molar-refractivity contribution is 5.41. The van der Waals surface area contributed by atoms with Gasteiger partial charge in [0.05, 0.1) is 19.5 Å². The van der Waals surface area contributed by atoms with Crippen molar-refractivity contribution in [3.8, 4) is 17.2 Å². The van der Waals surface area contributed by atoms with Crippen LogP contribution in [0, 0.1) is 0 Å². The number of nitrogens with zero attached hydrogens (tertiary/aromatic N) is 2. The van der Waals surface area contributed by atoms with Gasteiger partial charge in [-0.3, -0.25) is 4.68 Å². The molecule has 0 N–H and O–H groups in total. The Bertz CT molecular complexity index is 451.